The van der Waals surface area contributed by atoms with Crippen molar-refractivity contribution in [2.45, 2.75) is 51.7 Å². The number of nitrogens with one attached hydrogen (secondary N) is 1. The number of allylic oxidation sites excluding steroid dienone is 1. The van der Waals surface area contributed by atoms with E-state index >= 15 is 0 Å². The molecule has 0 aromatic carbocycles. The SMILES string of the molecule is C=CCCCNCC(=C)[B]OC(C)(C)C(C)(C)O. The zero-order valence-corrected chi connectivity index (χ0v) is 12.3. The minimum Gasteiger partial charge on any atom is -0.427 e. The van der Waals surface area contributed by atoms with E-state index in [-0.39, 0.29) is 0 Å². The molecule has 0 saturated heterocycles. The maximum Gasteiger partial charge on any atom is 0.327 e. The van der Waals surface area contributed by atoms with Gasteiger partial charge in [0, 0.05) is 6.54 Å². The molecule has 18 heavy (non-hydrogen) atoms. The van der Waals surface area contributed by atoms with Crippen molar-refractivity contribution >= 4 is 7.48 Å². The highest BCUT2D eigenvalue weighted by molar-refractivity contribution is 6.38. The fourth-order valence-electron chi connectivity index (χ4n) is 1.04. The molecule has 0 unspecified atom stereocenters. The van der Waals surface area contributed by atoms with Crippen molar-refractivity contribution in [2.75, 3.05) is 13.1 Å². The highest BCUT2D eigenvalue weighted by Crippen LogP contribution is 2.24. The summed E-state index contributed by atoms with van der Waals surface area (Å²) in [5, 5.41) is 13.2. The molecule has 0 rings (SSSR count). The lowest BCUT2D eigenvalue weighted by Gasteiger charge is -2.37. The molecule has 0 aromatic rings. The van der Waals surface area contributed by atoms with Gasteiger partial charge in [-0.05, 0) is 47.1 Å². The van der Waals surface area contributed by atoms with Gasteiger partial charge in [-0.3, -0.25) is 0 Å². The van der Waals surface area contributed by atoms with E-state index in [1.54, 1.807) is 21.3 Å². The van der Waals surface area contributed by atoms with Gasteiger partial charge in [0.15, 0.2) is 0 Å². The molecular weight excluding hydrogens is 225 g/mol. The summed E-state index contributed by atoms with van der Waals surface area (Å²) < 4.78 is 5.60. The fraction of sp³-hybridized carbons (Fsp3) is 0.714. The van der Waals surface area contributed by atoms with Crippen molar-refractivity contribution in [3.8, 4) is 0 Å². The van der Waals surface area contributed by atoms with Crippen LogP contribution < -0.4 is 5.32 Å². The van der Waals surface area contributed by atoms with Crippen LogP contribution in [-0.4, -0.2) is 36.9 Å². The van der Waals surface area contributed by atoms with E-state index in [4.69, 9.17) is 4.65 Å². The molecule has 0 aliphatic heterocycles. The Labute approximate surface area is 113 Å². The minimum atomic E-state index is -0.902. The van der Waals surface area contributed by atoms with E-state index in [9.17, 15) is 5.11 Å². The first-order valence-electron chi connectivity index (χ1n) is 6.43. The van der Waals surface area contributed by atoms with Gasteiger partial charge in [-0.2, -0.15) is 0 Å². The topological polar surface area (TPSA) is 41.5 Å². The highest BCUT2D eigenvalue weighted by atomic mass is 16.5. The molecule has 0 saturated carbocycles. The number of unbranched alkanes of at least 4 members (excludes halogenated alkanes) is 1. The van der Waals surface area contributed by atoms with Crippen LogP contribution in [0.1, 0.15) is 40.5 Å². The predicted molar refractivity (Wildman–Crippen MR) is 78.7 cm³/mol. The summed E-state index contributed by atoms with van der Waals surface area (Å²) in [6.45, 7) is 16.4. The van der Waals surface area contributed by atoms with Crippen LogP contribution in [0.25, 0.3) is 0 Å². The van der Waals surface area contributed by atoms with Gasteiger partial charge >= 0.3 is 7.48 Å². The van der Waals surface area contributed by atoms with Crippen LogP contribution in [0, 0.1) is 0 Å². The van der Waals surface area contributed by atoms with Gasteiger partial charge in [-0.1, -0.05) is 11.5 Å². The lowest BCUT2D eigenvalue weighted by atomic mass is 9.83. The highest BCUT2D eigenvalue weighted by Gasteiger charge is 2.35. The van der Waals surface area contributed by atoms with Crippen molar-refractivity contribution in [1.29, 1.82) is 0 Å². The van der Waals surface area contributed by atoms with Crippen LogP contribution in [0.4, 0.5) is 0 Å². The largest absolute Gasteiger partial charge is 0.427 e. The first-order valence-corrected chi connectivity index (χ1v) is 6.43. The van der Waals surface area contributed by atoms with E-state index in [0.717, 1.165) is 24.9 Å². The summed E-state index contributed by atoms with van der Waals surface area (Å²) in [5.41, 5.74) is -0.675. The Morgan fingerprint density at radius 1 is 1.39 bits per heavy atom. The molecule has 0 heterocycles. The molecule has 4 heteroatoms. The molecule has 0 amide bonds. The maximum absolute atomic E-state index is 9.93. The normalized spacial score (nSPS) is 12.3. The molecule has 0 aliphatic carbocycles. The first-order chi connectivity index (χ1) is 8.20. The van der Waals surface area contributed by atoms with E-state index in [1.165, 1.54) is 0 Å². The Balaban J connectivity index is 3.80. The monoisotopic (exact) mass is 252 g/mol. The van der Waals surface area contributed by atoms with Crippen LogP contribution in [0.15, 0.2) is 24.7 Å². The van der Waals surface area contributed by atoms with E-state index in [0.29, 0.717) is 6.54 Å². The quantitative estimate of drug-likeness (QED) is 0.356. The first kappa shape index (κ1) is 17.4. The molecular formula is C14H27BNO2. The molecule has 0 spiro atoms. The second-order valence-electron chi connectivity index (χ2n) is 5.57. The summed E-state index contributed by atoms with van der Waals surface area (Å²) in [5.74, 6) is 0. The van der Waals surface area contributed by atoms with Crippen LogP contribution in [-0.2, 0) is 4.65 Å². The predicted octanol–water partition coefficient (Wildman–Crippen LogP) is 2.24. The summed E-state index contributed by atoms with van der Waals surface area (Å²) in [6, 6.07) is 0. The molecule has 0 bridgehead atoms. The standard InChI is InChI=1S/C14H27BNO2/c1-7-8-9-10-16-11-12(2)15-18-14(5,6)13(3,4)17/h7,16-17H,1-2,8-11H2,3-6H3. The van der Waals surface area contributed by atoms with E-state index in [1.807, 2.05) is 19.9 Å². The third kappa shape index (κ3) is 6.99. The Hall–Kier alpha value is -0.575. The van der Waals surface area contributed by atoms with E-state index < -0.39 is 11.2 Å². The van der Waals surface area contributed by atoms with Crippen molar-refractivity contribution in [1.82, 2.24) is 5.32 Å². The third-order valence-electron chi connectivity index (χ3n) is 3.11. The van der Waals surface area contributed by atoms with Gasteiger partial charge in [0.05, 0.1) is 11.2 Å². The van der Waals surface area contributed by atoms with Gasteiger partial charge in [0.2, 0.25) is 0 Å². The lowest BCUT2D eigenvalue weighted by Crippen LogP contribution is -2.48. The molecule has 0 aromatic heterocycles. The summed E-state index contributed by atoms with van der Waals surface area (Å²) >= 11 is 0. The van der Waals surface area contributed by atoms with Crippen molar-refractivity contribution in [3.63, 3.8) is 0 Å². The van der Waals surface area contributed by atoms with Gasteiger partial charge in [0.1, 0.15) is 0 Å². The number of hydrogen-bond acceptors (Lipinski definition) is 3. The third-order valence-corrected chi connectivity index (χ3v) is 3.11. The Kier molecular flexibility index (Phi) is 7.52. The zero-order valence-electron chi connectivity index (χ0n) is 12.3. The van der Waals surface area contributed by atoms with Crippen LogP contribution in [0.3, 0.4) is 0 Å². The summed E-state index contributed by atoms with van der Waals surface area (Å²) in [7, 11) is 1.62. The van der Waals surface area contributed by atoms with Crippen LogP contribution >= 0.6 is 0 Å². The number of rotatable bonds is 10. The lowest BCUT2D eigenvalue weighted by molar-refractivity contribution is -0.0897. The molecule has 0 fully saturated rings. The van der Waals surface area contributed by atoms with Crippen LogP contribution in [0.5, 0.6) is 0 Å². The van der Waals surface area contributed by atoms with Crippen molar-refractivity contribution in [2.24, 2.45) is 0 Å². The fourth-order valence-corrected chi connectivity index (χ4v) is 1.04. The molecule has 103 valence electrons. The van der Waals surface area contributed by atoms with Crippen LogP contribution in [0.2, 0.25) is 0 Å². The Bertz CT molecular complexity index is 269. The second kappa shape index (κ2) is 7.77. The van der Waals surface area contributed by atoms with Gasteiger partial charge in [-0.25, -0.2) is 0 Å². The maximum atomic E-state index is 9.93. The number of hydrogen-bond donors (Lipinski definition) is 2. The van der Waals surface area contributed by atoms with Crippen molar-refractivity contribution < 1.29 is 9.76 Å². The second-order valence-corrected chi connectivity index (χ2v) is 5.57. The average Bonchev–Trinajstić information content (AvgIpc) is 2.24. The Morgan fingerprint density at radius 2 is 2.00 bits per heavy atom. The molecule has 3 nitrogen and oxygen atoms in total. The molecule has 0 atom stereocenters. The summed E-state index contributed by atoms with van der Waals surface area (Å²) in [6.07, 6.45) is 4.01. The Morgan fingerprint density at radius 3 is 2.50 bits per heavy atom. The zero-order chi connectivity index (χ0) is 14.2. The van der Waals surface area contributed by atoms with Gasteiger partial charge in [-0.15, -0.1) is 13.2 Å². The molecule has 1 radical (unpaired) electrons. The van der Waals surface area contributed by atoms with Gasteiger partial charge < -0.3 is 15.1 Å². The minimum absolute atomic E-state index is 0.640. The average molecular weight is 252 g/mol. The smallest absolute Gasteiger partial charge is 0.327 e. The van der Waals surface area contributed by atoms with Gasteiger partial charge in [0.25, 0.3) is 0 Å². The van der Waals surface area contributed by atoms with E-state index in [2.05, 4.69) is 18.5 Å². The summed E-state index contributed by atoms with van der Waals surface area (Å²) in [4.78, 5) is 0. The molecule has 0 aliphatic rings. The molecule has 2 N–H and O–H groups in total. The van der Waals surface area contributed by atoms with Crippen molar-refractivity contribution in [3.05, 3.63) is 24.7 Å². The number of aliphatic hydroxyl groups is 1.